The molecule has 0 spiro atoms. The van der Waals surface area contributed by atoms with Crippen molar-refractivity contribution in [1.29, 1.82) is 0 Å². The Morgan fingerprint density at radius 2 is 1.47 bits per heavy atom. The molecule has 4 rings (SSSR count). The number of aryl methyl sites for hydroxylation is 1. The lowest BCUT2D eigenvalue weighted by Gasteiger charge is -2.31. The molecule has 0 aliphatic carbocycles. The van der Waals surface area contributed by atoms with E-state index in [-0.39, 0.29) is 11.8 Å². The van der Waals surface area contributed by atoms with Crippen LogP contribution in [0.4, 0.5) is 0 Å². The molecule has 2 aliphatic heterocycles. The highest BCUT2D eigenvalue weighted by atomic mass is 16.1. The van der Waals surface area contributed by atoms with Gasteiger partial charge in [0.05, 0.1) is 0 Å². The zero-order valence-electron chi connectivity index (χ0n) is 18.3. The molecule has 2 heterocycles. The van der Waals surface area contributed by atoms with Crippen LogP contribution in [0.1, 0.15) is 47.9 Å². The van der Waals surface area contributed by atoms with Gasteiger partial charge in [-0.3, -0.25) is 14.6 Å². The highest BCUT2D eigenvalue weighted by Gasteiger charge is 2.24. The molecule has 0 radical (unpaired) electrons. The fraction of sp³-hybridized carbons (Fsp3) is 0.500. The standard InChI is InChI=1S/C26H35N3O/c1-21-6-4-8-23(16-21)19-29-14-10-25(11-15-29)26(30)27-18-22-7-5-9-24(17-22)20-28-12-2-3-13-28/h4-9,16-17,25H,2-3,10-15,18-20H2,1H3,(H,27,30). The average molecular weight is 406 g/mol. The Kier molecular flexibility index (Phi) is 7.19. The van der Waals surface area contributed by atoms with E-state index >= 15 is 0 Å². The fourth-order valence-electron chi connectivity index (χ4n) is 4.79. The molecule has 2 aliphatic rings. The largest absolute Gasteiger partial charge is 0.352 e. The normalized spacial score (nSPS) is 18.6. The molecule has 1 N–H and O–H groups in total. The maximum atomic E-state index is 12.7. The highest BCUT2D eigenvalue weighted by Crippen LogP contribution is 2.20. The SMILES string of the molecule is Cc1cccc(CN2CCC(C(=O)NCc3cccc(CN4CCCC4)c3)CC2)c1. The number of hydrogen-bond donors (Lipinski definition) is 1. The summed E-state index contributed by atoms with van der Waals surface area (Å²) in [5, 5.41) is 3.19. The van der Waals surface area contributed by atoms with Crippen LogP contribution in [0.15, 0.2) is 48.5 Å². The summed E-state index contributed by atoms with van der Waals surface area (Å²) in [6, 6.07) is 17.4. The molecule has 0 atom stereocenters. The zero-order chi connectivity index (χ0) is 20.8. The van der Waals surface area contributed by atoms with E-state index in [0.29, 0.717) is 6.54 Å². The molecule has 2 aromatic carbocycles. The summed E-state index contributed by atoms with van der Waals surface area (Å²) in [5.74, 6) is 0.363. The van der Waals surface area contributed by atoms with Crippen LogP contribution in [0.3, 0.4) is 0 Å². The third-order valence-electron chi connectivity index (χ3n) is 6.51. The number of benzene rings is 2. The second kappa shape index (κ2) is 10.2. The Morgan fingerprint density at radius 3 is 2.17 bits per heavy atom. The number of carbonyl (C=O) groups excluding carboxylic acids is 1. The molecule has 1 amide bonds. The Labute approximate surface area is 181 Å². The predicted octanol–water partition coefficient (Wildman–Crippen LogP) is 4.12. The molecule has 160 valence electrons. The van der Waals surface area contributed by atoms with Gasteiger partial charge < -0.3 is 5.32 Å². The van der Waals surface area contributed by atoms with Gasteiger partial charge >= 0.3 is 0 Å². The van der Waals surface area contributed by atoms with Crippen molar-refractivity contribution in [1.82, 2.24) is 15.1 Å². The first kappa shape index (κ1) is 21.1. The summed E-state index contributed by atoms with van der Waals surface area (Å²) >= 11 is 0. The Balaban J connectivity index is 1.21. The number of likely N-dealkylation sites (tertiary alicyclic amines) is 2. The van der Waals surface area contributed by atoms with Crippen LogP contribution in [0.5, 0.6) is 0 Å². The van der Waals surface area contributed by atoms with Crippen molar-refractivity contribution in [3.05, 3.63) is 70.8 Å². The number of piperidine rings is 1. The molecule has 30 heavy (non-hydrogen) atoms. The molecule has 2 aromatic rings. The number of amides is 1. The van der Waals surface area contributed by atoms with Crippen molar-refractivity contribution in [2.75, 3.05) is 26.2 Å². The number of rotatable bonds is 7. The van der Waals surface area contributed by atoms with Gasteiger partial charge in [-0.1, -0.05) is 54.1 Å². The number of hydrogen-bond acceptors (Lipinski definition) is 3. The number of nitrogens with zero attached hydrogens (tertiary/aromatic N) is 2. The van der Waals surface area contributed by atoms with Crippen LogP contribution in [0.2, 0.25) is 0 Å². The second-order valence-electron chi connectivity index (χ2n) is 9.06. The highest BCUT2D eigenvalue weighted by molar-refractivity contribution is 5.78. The fourth-order valence-corrected chi connectivity index (χ4v) is 4.79. The van der Waals surface area contributed by atoms with Gasteiger partial charge in [0, 0.05) is 25.6 Å². The molecule has 0 unspecified atom stereocenters. The molecule has 4 heteroatoms. The first-order valence-electron chi connectivity index (χ1n) is 11.5. The third-order valence-corrected chi connectivity index (χ3v) is 6.51. The van der Waals surface area contributed by atoms with E-state index in [1.54, 1.807) is 0 Å². The number of carbonyl (C=O) groups is 1. The lowest BCUT2D eigenvalue weighted by Crippen LogP contribution is -2.40. The van der Waals surface area contributed by atoms with Crippen LogP contribution in [0.25, 0.3) is 0 Å². The Hall–Kier alpha value is -2.17. The van der Waals surface area contributed by atoms with Crippen LogP contribution in [-0.2, 0) is 24.4 Å². The van der Waals surface area contributed by atoms with Crippen LogP contribution < -0.4 is 5.32 Å². The van der Waals surface area contributed by atoms with E-state index in [9.17, 15) is 4.79 Å². The monoisotopic (exact) mass is 405 g/mol. The lowest BCUT2D eigenvalue weighted by molar-refractivity contribution is -0.126. The van der Waals surface area contributed by atoms with Crippen molar-refractivity contribution in [2.24, 2.45) is 5.92 Å². The Bertz CT molecular complexity index is 836. The topological polar surface area (TPSA) is 35.6 Å². The lowest BCUT2D eigenvalue weighted by atomic mass is 9.95. The summed E-state index contributed by atoms with van der Waals surface area (Å²) in [5.41, 5.74) is 5.24. The van der Waals surface area contributed by atoms with Crippen molar-refractivity contribution in [2.45, 2.75) is 52.2 Å². The maximum absolute atomic E-state index is 12.7. The maximum Gasteiger partial charge on any atom is 0.223 e. The van der Waals surface area contributed by atoms with Crippen molar-refractivity contribution in [3.8, 4) is 0 Å². The molecular formula is C26H35N3O. The predicted molar refractivity (Wildman–Crippen MR) is 122 cm³/mol. The molecule has 4 nitrogen and oxygen atoms in total. The Morgan fingerprint density at radius 1 is 0.867 bits per heavy atom. The average Bonchev–Trinajstić information content (AvgIpc) is 3.26. The molecule has 0 bridgehead atoms. The van der Waals surface area contributed by atoms with Gasteiger partial charge in [0.1, 0.15) is 0 Å². The van der Waals surface area contributed by atoms with E-state index in [4.69, 9.17) is 0 Å². The summed E-state index contributed by atoms with van der Waals surface area (Å²) in [6.45, 7) is 9.21. The van der Waals surface area contributed by atoms with E-state index in [0.717, 1.165) is 39.0 Å². The van der Waals surface area contributed by atoms with Crippen LogP contribution in [-0.4, -0.2) is 41.9 Å². The van der Waals surface area contributed by atoms with Gasteiger partial charge in [-0.05, 0) is 75.5 Å². The van der Waals surface area contributed by atoms with Gasteiger partial charge in [-0.25, -0.2) is 0 Å². The van der Waals surface area contributed by atoms with Gasteiger partial charge in [-0.2, -0.15) is 0 Å². The first-order valence-corrected chi connectivity index (χ1v) is 11.5. The van der Waals surface area contributed by atoms with Gasteiger partial charge in [0.25, 0.3) is 0 Å². The minimum Gasteiger partial charge on any atom is -0.352 e. The molecule has 2 fully saturated rings. The second-order valence-corrected chi connectivity index (χ2v) is 9.06. The summed E-state index contributed by atoms with van der Waals surface area (Å²) < 4.78 is 0. The summed E-state index contributed by atoms with van der Waals surface area (Å²) in [6.07, 6.45) is 4.54. The first-order chi connectivity index (χ1) is 14.7. The van der Waals surface area contributed by atoms with E-state index < -0.39 is 0 Å². The quantitative estimate of drug-likeness (QED) is 0.753. The van der Waals surface area contributed by atoms with E-state index in [1.165, 1.54) is 48.2 Å². The molecule has 2 saturated heterocycles. The molecule has 0 saturated carbocycles. The molecular weight excluding hydrogens is 370 g/mol. The van der Waals surface area contributed by atoms with E-state index in [1.807, 2.05) is 0 Å². The third kappa shape index (κ3) is 5.93. The number of nitrogens with one attached hydrogen (secondary N) is 1. The van der Waals surface area contributed by atoms with Crippen LogP contribution in [0, 0.1) is 12.8 Å². The van der Waals surface area contributed by atoms with Gasteiger partial charge in [0.2, 0.25) is 5.91 Å². The van der Waals surface area contributed by atoms with E-state index in [2.05, 4.69) is 70.6 Å². The van der Waals surface area contributed by atoms with Gasteiger partial charge in [-0.15, -0.1) is 0 Å². The van der Waals surface area contributed by atoms with Gasteiger partial charge in [0.15, 0.2) is 0 Å². The zero-order valence-corrected chi connectivity index (χ0v) is 18.3. The minimum atomic E-state index is 0.145. The summed E-state index contributed by atoms with van der Waals surface area (Å²) in [7, 11) is 0. The smallest absolute Gasteiger partial charge is 0.223 e. The van der Waals surface area contributed by atoms with Crippen LogP contribution >= 0.6 is 0 Å². The van der Waals surface area contributed by atoms with Crippen molar-refractivity contribution < 1.29 is 4.79 Å². The summed E-state index contributed by atoms with van der Waals surface area (Å²) in [4.78, 5) is 17.7. The van der Waals surface area contributed by atoms with Crippen molar-refractivity contribution >= 4 is 5.91 Å². The molecule has 0 aromatic heterocycles. The minimum absolute atomic E-state index is 0.145. The van der Waals surface area contributed by atoms with Crippen molar-refractivity contribution in [3.63, 3.8) is 0 Å².